The fourth-order valence-corrected chi connectivity index (χ4v) is 2.55. The van der Waals surface area contributed by atoms with Gasteiger partial charge in [-0.3, -0.25) is 0 Å². The molecule has 0 aliphatic heterocycles. The van der Waals surface area contributed by atoms with E-state index in [2.05, 4.69) is 20.7 Å². The molecule has 4 nitrogen and oxygen atoms in total. The molecule has 0 saturated carbocycles. The van der Waals surface area contributed by atoms with E-state index in [1.165, 1.54) is 19.2 Å². The molecule has 0 N–H and O–H groups in total. The Bertz CT molecular complexity index is 512. The van der Waals surface area contributed by atoms with Gasteiger partial charge in [-0.05, 0) is 23.8 Å². The highest BCUT2D eigenvalue weighted by Gasteiger charge is 2.16. The Morgan fingerprint density at radius 2 is 2.12 bits per heavy atom. The highest BCUT2D eigenvalue weighted by Crippen LogP contribution is 2.20. The molecule has 16 heavy (non-hydrogen) atoms. The zero-order valence-corrected chi connectivity index (χ0v) is 11.4. The smallest absolute Gasteiger partial charge is 0.338 e. The number of carbonyl (C=O) groups excluding carboxylic acids is 1. The van der Waals surface area contributed by atoms with E-state index < -0.39 is 20.8 Å². The molecule has 0 spiro atoms. The lowest BCUT2D eigenvalue weighted by atomic mass is 10.1. The molecule has 7 heteroatoms. The molecule has 0 aliphatic carbocycles. The van der Waals surface area contributed by atoms with Gasteiger partial charge in [0.25, 0.3) is 0 Å². The van der Waals surface area contributed by atoms with Crippen molar-refractivity contribution in [3.05, 3.63) is 33.8 Å². The van der Waals surface area contributed by atoms with Crippen molar-refractivity contribution in [1.29, 1.82) is 0 Å². The zero-order valence-electron chi connectivity index (χ0n) is 8.24. The van der Waals surface area contributed by atoms with Crippen LogP contribution in [0.2, 0.25) is 0 Å². The van der Waals surface area contributed by atoms with Crippen molar-refractivity contribution in [2.75, 3.05) is 7.11 Å². The predicted octanol–water partition coefficient (Wildman–Crippen LogP) is 2.30. The van der Waals surface area contributed by atoms with Gasteiger partial charge in [0, 0.05) is 15.2 Å². The van der Waals surface area contributed by atoms with Gasteiger partial charge in [0.2, 0.25) is 9.05 Å². The lowest BCUT2D eigenvalue weighted by Crippen LogP contribution is -2.08. The molecule has 0 amide bonds. The fraction of sp³-hybridized carbons (Fsp3) is 0.222. The van der Waals surface area contributed by atoms with E-state index >= 15 is 0 Å². The Balaban J connectivity index is 3.23. The minimum absolute atomic E-state index is 0.190. The molecule has 0 aromatic heterocycles. The third-order valence-electron chi connectivity index (χ3n) is 1.80. The average molecular weight is 328 g/mol. The summed E-state index contributed by atoms with van der Waals surface area (Å²) in [4.78, 5) is 11.4. The summed E-state index contributed by atoms with van der Waals surface area (Å²) in [6.45, 7) is 0. The van der Waals surface area contributed by atoms with Crippen LogP contribution in [0.1, 0.15) is 15.9 Å². The number of rotatable bonds is 3. The molecular formula is C9H8BrClO4S. The van der Waals surface area contributed by atoms with E-state index in [1.807, 2.05) is 0 Å². The van der Waals surface area contributed by atoms with Crippen molar-refractivity contribution < 1.29 is 17.9 Å². The summed E-state index contributed by atoms with van der Waals surface area (Å²) in [6.07, 6.45) is 0. The average Bonchev–Trinajstić information content (AvgIpc) is 2.14. The van der Waals surface area contributed by atoms with Crippen molar-refractivity contribution in [3.8, 4) is 0 Å². The van der Waals surface area contributed by atoms with Crippen LogP contribution in [0.15, 0.2) is 22.7 Å². The molecule has 1 aromatic rings. The largest absolute Gasteiger partial charge is 0.465 e. The fourth-order valence-electron chi connectivity index (χ4n) is 1.18. The van der Waals surface area contributed by atoms with Crippen LogP contribution in [0, 0.1) is 0 Å². The van der Waals surface area contributed by atoms with E-state index in [9.17, 15) is 13.2 Å². The van der Waals surface area contributed by atoms with Gasteiger partial charge in [0.05, 0.1) is 18.4 Å². The summed E-state index contributed by atoms with van der Waals surface area (Å²) < 4.78 is 27.1. The highest BCUT2D eigenvalue weighted by atomic mass is 79.9. The van der Waals surface area contributed by atoms with E-state index in [0.29, 0.717) is 10.0 Å². The number of ether oxygens (including phenoxy) is 1. The molecule has 0 unspecified atom stereocenters. The van der Waals surface area contributed by atoms with Crippen LogP contribution < -0.4 is 0 Å². The van der Waals surface area contributed by atoms with Crippen molar-refractivity contribution >= 4 is 41.6 Å². The number of benzene rings is 1. The topological polar surface area (TPSA) is 60.4 Å². The molecule has 0 bridgehead atoms. The molecule has 0 aliphatic rings. The van der Waals surface area contributed by atoms with Crippen LogP contribution in [0.5, 0.6) is 0 Å². The van der Waals surface area contributed by atoms with Gasteiger partial charge in [-0.25, -0.2) is 13.2 Å². The van der Waals surface area contributed by atoms with Crippen LogP contribution in [0.3, 0.4) is 0 Å². The molecule has 0 heterocycles. The molecule has 0 atom stereocenters. The number of halogens is 2. The summed E-state index contributed by atoms with van der Waals surface area (Å²) in [7, 11) is 2.66. The SMILES string of the molecule is COC(=O)c1ccc(Br)cc1CS(=O)(=O)Cl. The molecule has 0 radical (unpaired) electrons. The first kappa shape index (κ1) is 13.5. The predicted molar refractivity (Wildman–Crippen MR) is 64.0 cm³/mol. The van der Waals surface area contributed by atoms with Gasteiger partial charge in [-0.1, -0.05) is 15.9 Å². The third-order valence-corrected chi connectivity index (χ3v) is 3.28. The van der Waals surface area contributed by atoms with Crippen molar-refractivity contribution in [2.45, 2.75) is 5.75 Å². The number of hydrogen-bond donors (Lipinski definition) is 0. The van der Waals surface area contributed by atoms with Gasteiger partial charge in [-0.2, -0.15) is 0 Å². The molecular weight excluding hydrogens is 320 g/mol. The summed E-state index contributed by atoms with van der Waals surface area (Å²) in [5.74, 6) is -1.01. The van der Waals surface area contributed by atoms with Crippen LogP contribution in [0.4, 0.5) is 0 Å². The van der Waals surface area contributed by atoms with Crippen LogP contribution in [-0.2, 0) is 19.5 Å². The normalized spacial score (nSPS) is 11.2. The standard InChI is InChI=1S/C9H8BrClO4S/c1-15-9(12)8-3-2-7(10)4-6(8)5-16(11,13)14/h2-4H,5H2,1H3. The van der Waals surface area contributed by atoms with Gasteiger partial charge >= 0.3 is 5.97 Å². The maximum absolute atomic E-state index is 11.4. The monoisotopic (exact) mass is 326 g/mol. The highest BCUT2D eigenvalue weighted by molar-refractivity contribution is 9.10. The first-order valence-electron chi connectivity index (χ1n) is 4.12. The Labute approximate surface area is 106 Å². The molecule has 1 aromatic carbocycles. The van der Waals surface area contributed by atoms with Crippen LogP contribution in [0.25, 0.3) is 0 Å². The van der Waals surface area contributed by atoms with Crippen molar-refractivity contribution in [2.24, 2.45) is 0 Å². The molecule has 0 saturated heterocycles. The second-order valence-corrected chi connectivity index (χ2v) is 6.67. The quantitative estimate of drug-likeness (QED) is 0.631. The van der Waals surface area contributed by atoms with Gasteiger partial charge in [0.1, 0.15) is 0 Å². The number of methoxy groups -OCH3 is 1. The van der Waals surface area contributed by atoms with E-state index in [4.69, 9.17) is 10.7 Å². The second-order valence-electron chi connectivity index (χ2n) is 2.98. The van der Waals surface area contributed by atoms with Crippen LogP contribution >= 0.6 is 26.6 Å². The minimum atomic E-state index is -3.71. The molecule has 88 valence electrons. The Hall–Kier alpha value is -0.590. The first-order valence-corrected chi connectivity index (χ1v) is 7.39. The lowest BCUT2D eigenvalue weighted by molar-refractivity contribution is 0.0600. The maximum Gasteiger partial charge on any atom is 0.338 e. The number of carbonyl (C=O) groups is 1. The minimum Gasteiger partial charge on any atom is -0.465 e. The first-order chi connectivity index (χ1) is 7.33. The summed E-state index contributed by atoms with van der Waals surface area (Å²) in [6, 6.07) is 4.62. The molecule has 0 fully saturated rings. The summed E-state index contributed by atoms with van der Waals surface area (Å²) in [5.41, 5.74) is 0.492. The van der Waals surface area contributed by atoms with Gasteiger partial charge in [-0.15, -0.1) is 0 Å². The Morgan fingerprint density at radius 3 is 2.62 bits per heavy atom. The third kappa shape index (κ3) is 3.77. The van der Waals surface area contributed by atoms with E-state index in [1.54, 1.807) is 6.07 Å². The zero-order chi connectivity index (χ0) is 12.3. The van der Waals surface area contributed by atoms with Crippen molar-refractivity contribution in [1.82, 2.24) is 0 Å². The lowest BCUT2D eigenvalue weighted by Gasteiger charge is -2.06. The van der Waals surface area contributed by atoms with Gasteiger partial charge < -0.3 is 4.74 Å². The Kier molecular flexibility index (Phi) is 4.35. The van der Waals surface area contributed by atoms with Crippen LogP contribution in [-0.4, -0.2) is 21.5 Å². The Morgan fingerprint density at radius 1 is 1.50 bits per heavy atom. The molecule has 1 rings (SSSR count). The maximum atomic E-state index is 11.4. The number of esters is 1. The second kappa shape index (κ2) is 5.16. The van der Waals surface area contributed by atoms with E-state index in [-0.39, 0.29) is 5.56 Å². The van der Waals surface area contributed by atoms with Gasteiger partial charge in [0.15, 0.2) is 0 Å². The van der Waals surface area contributed by atoms with Crippen molar-refractivity contribution in [3.63, 3.8) is 0 Å². The van der Waals surface area contributed by atoms with E-state index in [0.717, 1.165) is 0 Å². The summed E-state index contributed by atoms with van der Waals surface area (Å²) in [5, 5.41) is 0. The summed E-state index contributed by atoms with van der Waals surface area (Å²) >= 11 is 3.18. The number of hydrogen-bond acceptors (Lipinski definition) is 4.